The summed E-state index contributed by atoms with van der Waals surface area (Å²) in [7, 11) is -3.77. The Hall–Kier alpha value is -1.92. The van der Waals surface area contributed by atoms with Gasteiger partial charge >= 0.3 is 0 Å². The van der Waals surface area contributed by atoms with E-state index in [0.717, 1.165) is 6.07 Å². The van der Waals surface area contributed by atoms with Crippen molar-refractivity contribution in [2.24, 2.45) is 0 Å². The standard InChI is InChI=1S/C14H11ClFNO3S/c15-10-6-7-12(16)13(8-10)17-14(18)9-21(19,20)11-4-2-1-3-5-11/h1-8H,9H2,(H,17,18). The normalized spacial score (nSPS) is 11.1. The third-order valence-electron chi connectivity index (χ3n) is 2.63. The first-order chi connectivity index (χ1) is 9.88. The summed E-state index contributed by atoms with van der Waals surface area (Å²) in [5, 5.41) is 2.43. The highest BCUT2D eigenvalue weighted by atomic mass is 35.5. The van der Waals surface area contributed by atoms with E-state index in [1.165, 1.54) is 24.3 Å². The van der Waals surface area contributed by atoms with Crippen LogP contribution in [-0.2, 0) is 14.6 Å². The molecule has 2 aromatic carbocycles. The van der Waals surface area contributed by atoms with Crippen LogP contribution in [0.5, 0.6) is 0 Å². The van der Waals surface area contributed by atoms with Crippen LogP contribution in [0.15, 0.2) is 53.4 Å². The van der Waals surface area contributed by atoms with Gasteiger partial charge in [0.15, 0.2) is 9.84 Å². The van der Waals surface area contributed by atoms with Gasteiger partial charge in [-0.25, -0.2) is 12.8 Å². The molecular formula is C14H11ClFNO3S. The van der Waals surface area contributed by atoms with Gasteiger partial charge in [-0.15, -0.1) is 0 Å². The molecule has 1 N–H and O–H groups in total. The summed E-state index contributed by atoms with van der Waals surface area (Å²) >= 11 is 5.69. The zero-order valence-electron chi connectivity index (χ0n) is 10.7. The Kier molecular flexibility index (Phi) is 4.59. The van der Waals surface area contributed by atoms with E-state index in [0.29, 0.717) is 0 Å². The maximum absolute atomic E-state index is 13.5. The van der Waals surface area contributed by atoms with Gasteiger partial charge in [0.05, 0.1) is 10.6 Å². The third-order valence-corrected chi connectivity index (χ3v) is 4.49. The maximum atomic E-state index is 13.5. The first-order valence-electron chi connectivity index (χ1n) is 5.91. The molecule has 110 valence electrons. The van der Waals surface area contributed by atoms with Crippen molar-refractivity contribution < 1.29 is 17.6 Å². The van der Waals surface area contributed by atoms with Gasteiger partial charge < -0.3 is 5.32 Å². The van der Waals surface area contributed by atoms with Crippen LogP contribution in [0.25, 0.3) is 0 Å². The Morgan fingerprint density at radius 3 is 2.48 bits per heavy atom. The molecule has 0 radical (unpaired) electrons. The van der Waals surface area contributed by atoms with Crippen LogP contribution in [0.3, 0.4) is 0 Å². The second-order valence-electron chi connectivity index (χ2n) is 4.24. The van der Waals surface area contributed by atoms with Crippen LogP contribution in [-0.4, -0.2) is 20.1 Å². The minimum atomic E-state index is -3.77. The minimum Gasteiger partial charge on any atom is -0.323 e. The zero-order chi connectivity index (χ0) is 15.5. The quantitative estimate of drug-likeness (QED) is 0.939. The van der Waals surface area contributed by atoms with E-state index in [2.05, 4.69) is 5.32 Å². The van der Waals surface area contributed by atoms with Gasteiger partial charge in [0, 0.05) is 5.02 Å². The van der Waals surface area contributed by atoms with E-state index in [9.17, 15) is 17.6 Å². The molecule has 0 spiro atoms. The molecule has 0 fully saturated rings. The molecule has 0 heterocycles. The molecule has 0 saturated heterocycles. The summed E-state index contributed by atoms with van der Waals surface area (Å²) in [5.74, 6) is -2.30. The summed E-state index contributed by atoms with van der Waals surface area (Å²) in [6.07, 6.45) is 0. The van der Waals surface area contributed by atoms with Crippen LogP contribution < -0.4 is 5.32 Å². The fourth-order valence-electron chi connectivity index (χ4n) is 1.66. The van der Waals surface area contributed by atoms with Crippen LogP contribution in [0.2, 0.25) is 5.02 Å². The first-order valence-corrected chi connectivity index (χ1v) is 7.94. The highest BCUT2D eigenvalue weighted by Gasteiger charge is 2.19. The number of anilines is 1. The van der Waals surface area contributed by atoms with Gasteiger partial charge in [0.2, 0.25) is 5.91 Å². The number of benzene rings is 2. The molecule has 0 aliphatic carbocycles. The number of halogens is 2. The summed E-state index contributed by atoms with van der Waals surface area (Å²) in [5.41, 5.74) is -0.157. The molecule has 4 nitrogen and oxygen atoms in total. The van der Waals surface area contributed by atoms with Gasteiger partial charge in [-0.3, -0.25) is 4.79 Å². The molecule has 0 saturated carbocycles. The van der Waals surface area contributed by atoms with Crippen molar-refractivity contribution in [2.45, 2.75) is 4.90 Å². The highest BCUT2D eigenvalue weighted by Crippen LogP contribution is 2.20. The Labute approximate surface area is 126 Å². The number of rotatable bonds is 4. The average Bonchev–Trinajstić information content (AvgIpc) is 2.43. The number of amides is 1. The van der Waals surface area contributed by atoms with E-state index in [1.807, 2.05) is 0 Å². The molecule has 0 aliphatic rings. The van der Waals surface area contributed by atoms with E-state index in [-0.39, 0.29) is 15.6 Å². The molecule has 21 heavy (non-hydrogen) atoms. The maximum Gasteiger partial charge on any atom is 0.240 e. The number of sulfone groups is 1. The van der Waals surface area contributed by atoms with E-state index in [1.54, 1.807) is 18.2 Å². The molecule has 0 aromatic heterocycles. The zero-order valence-corrected chi connectivity index (χ0v) is 12.3. The molecule has 7 heteroatoms. The molecule has 0 aliphatic heterocycles. The number of carbonyl (C=O) groups excluding carboxylic acids is 1. The van der Waals surface area contributed by atoms with Gasteiger partial charge in [-0.2, -0.15) is 0 Å². The molecule has 2 aromatic rings. The lowest BCUT2D eigenvalue weighted by atomic mass is 10.3. The van der Waals surface area contributed by atoms with Crippen molar-refractivity contribution in [2.75, 3.05) is 11.1 Å². The summed E-state index contributed by atoms with van der Waals surface area (Å²) in [6.45, 7) is 0. The molecular weight excluding hydrogens is 317 g/mol. The first kappa shape index (κ1) is 15.5. The van der Waals surface area contributed by atoms with Crippen molar-refractivity contribution >= 4 is 33.0 Å². The minimum absolute atomic E-state index is 0.0340. The van der Waals surface area contributed by atoms with Crippen LogP contribution in [0.1, 0.15) is 0 Å². The van der Waals surface area contributed by atoms with Gasteiger partial charge in [-0.1, -0.05) is 29.8 Å². The Morgan fingerprint density at radius 2 is 1.81 bits per heavy atom. The second kappa shape index (κ2) is 6.24. The van der Waals surface area contributed by atoms with Gasteiger partial charge in [0.25, 0.3) is 0 Å². The molecule has 0 atom stereocenters. The monoisotopic (exact) mass is 327 g/mol. The van der Waals surface area contributed by atoms with Gasteiger partial charge in [-0.05, 0) is 30.3 Å². The van der Waals surface area contributed by atoms with Crippen molar-refractivity contribution in [1.82, 2.24) is 0 Å². The predicted octanol–water partition coefficient (Wildman–Crippen LogP) is 2.89. The SMILES string of the molecule is O=C(CS(=O)(=O)c1ccccc1)Nc1cc(Cl)ccc1F. The Balaban J connectivity index is 2.14. The van der Waals surface area contributed by atoms with E-state index in [4.69, 9.17) is 11.6 Å². The van der Waals surface area contributed by atoms with Crippen LogP contribution in [0.4, 0.5) is 10.1 Å². The fraction of sp³-hybridized carbons (Fsp3) is 0.0714. The van der Waals surface area contributed by atoms with Crippen LogP contribution in [0, 0.1) is 5.82 Å². The second-order valence-corrected chi connectivity index (χ2v) is 6.67. The lowest BCUT2D eigenvalue weighted by Crippen LogP contribution is -2.23. The summed E-state index contributed by atoms with van der Waals surface area (Å²) in [4.78, 5) is 11.8. The smallest absolute Gasteiger partial charge is 0.240 e. The summed E-state index contributed by atoms with van der Waals surface area (Å²) < 4.78 is 37.5. The Bertz CT molecular complexity index is 763. The van der Waals surface area contributed by atoms with Gasteiger partial charge in [0.1, 0.15) is 11.6 Å². The number of nitrogens with one attached hydrogen (secondary N) is 1. The average molecular weight is 328 g/mol. The third kappa shape index (κ3) is 4.03. The number of hydrogen-bond acceptors (Lipinski definition) is 3. The molecule has 0 bridgehead atoms. The highest BCUT2D eigenvalue weighted by molar-refractivity contribution is 7.92. The molecule has 1 amide bonds. The van der Waals surface area contributed by atoms with E-state index >= 15 is 0 Å². The van der Waals surface area contributed by atoms with Crippen molar-refractivity contribution in [3.8, 4) is 0 Å². The number of carbonyl (C=O) groups is 1. The number of hydrogen-bond donors (Lipinski definition) is 1. The lowest BCUT2D eigenvalue weighted by molar-refractivity contribution is -0.113. The molecule has 2 rings (SSSR count). The Morgan fingerprint density at radius 1 is 1.14 bits per heavy atom. The van der Waals surface area contributed by atoms with Crippen molar-refractivity contribution in [3.05, 3.63) is 59.4 Å². The van der Waals surface area contributed by atoms with Crippen molar-refractivity contribution in [3.63, 3.8) is 0 Å². The predicted molar refractivity (Wildman–Crippen MR) is 78.5 cm³/mol. The van der Waals surface area contributed by atoms with Crippen LogP contribution >= 0.6 is 11.6 Å². The fourth-order valence-corrected chi connectivity index (χ4v) is 2.99. The summed E-state index contributed by atoms with van der Waals surface area (Å²) in [6, 6.07) is 11.2. The van der Waals surface area contributed by atoms with E-state index < -0.39 is 27.3 Å². The molecule has 0 unspecified atom stereocenters. The largest absolute Gasteiger partial charge is 0.323 e. The lowest BCUT2D eigenvalue weighted by Gasteiger charge is -2.07. The topological polar surface area (TPSA) is 63.2 Å². The van der Waals surface area contributed by atoms with Crippen molar-refractivity contribution in [1.29, 1.82) is 0 Å².